The second-order valence-electron chi connectivity index (χ2n) is 5.71. The van der Waals surface area contributed by atoms with E-state index < -0.39 is 18.5 Å². The highest BCUT2D eigenvalue weighted by Crippen LogP contribution is 2.41. The zero-order valence-corrected chi connectivity index (χ0v) is 13.0. The first kappa shape index (κ1) is 17.2. The second-order valence-corrected chi connectivity index (χ2v) is 5.71. The molecule has 1 aromatic rings. The van der Waals surface area contributed by atoms with Crippen LogP contribution in [0.25, 0.3) is 0 Å². The monoisotopic (exact) mass is 358 g/mol. The maximum Gasteiger partial charge on any atom is 0.586 e. The Bertz CT molecular complexity index is 676. The van der Waals surface area contributed by atoms with E-state index in [1.807, 2.05) is 0 Å². The summed E-state index contributed by atoms with van der Waals surface area (Å²) >= 11 is 0. The van der Waals surface area contributed by atoms with Gasteiger partial charge in [-0.15, -0.1) is 8.78 Å². The van der Waals surface area contributed by atoms with E-state index in [0.717, 1.165) is 0 Å². The maximum absolute atomic E-state index is 13.0. The van der Waals surface area contributed by atoms with E-state index in [1.165, 1.54) is 12.1 Å². The van der Waals surface area contributed by atoms with E-state index in [9.17, 15) is 18.4 Å². The number of fused-ring (bicyclic) bond motifs is 1. The minimum Gasteiger partial charge on any atom is -0.465 e. The average Bonchev–Trinajstić information content (AvgIpc) is 2.85. The second kappa shape index (κ2) is 6.71. The van der Waals surface area contributed by atoms with Gasteiger partial charge in [0.05, 0.1) is 12.6 Å². The zero-order chi connectivity index (χ0) is 18.0. The molecule has 2 aliphatic heterocycles. The van der Waals surface area contributed by atoms with Crippen molar-refractivity contribution in [3.05, 3.63) is 23.8 Å². The van der Waals surface area contributed by atoms with Crippen LogP contribution in [0.15, 0.2) is 18.2 Å². The molecule has 0 radical (unpaired) electrons. The molecule has 25 heavy (non-hydrogen) atoms. The molecular formula is C15H16F2N2O6. The Morgan fingerprint density at radius 2 is 2.00 bits per heavy atom. The summed E-state index contributed by atoms with van der Waals surface area (Å²) in [6, 6.07) is 3.91. The van der Waals surface area contributed by atoms with Gasteiger partial charge in [-0.25, -0.2) is 4.79 Å². The summed E-state index contributed by atoms with van der Waals surface area (Å²) in [6.45, 7) is 0.223. The lowest BCUT2D eigenvalue weighted by atomic mass is 10.0. The third-order valence-electron chi connectivity index (χ3n) is 3.83. The Labute approximate surface area is 141 Å². The molecule has 0 aromatic heterocycles. The Hall–Kier alpha value is -2.62. The number of nitrogens with one attached hydrogen (secondary N) is 2. The van der Waals surface area contributed by atoms with Crippen LogP contribution in [0.2, 0.25) is 0 Å². The lowest BCUT2D eigenvalue weighted by Crippen LogP contribution is -2.46. The molecule has 10 heteroatoms. The number of carboxylic acid groups (broad SMARTS) is 1. The van der Waals surface area contributed by atoms with Gasteiger partial charge in [-0.05, 0) is 30.5 Å². The molecule has 2 amide bonds. The van der Waals surface area contributed by atoms with Gasteiger partial charge in [0.25, 0.3) is 0 Å². The fraction of sp³-hybridized carbons (Fsp3) is 0.467. The number of alkyl halides is 2. The molecule has 3 rings (SSSR count). The number of benzene rings is 1. The van der Waals surface area contributed by atoms with Gasteiger partial charge in [0.1, 0.15) is 6.10 Å². The van der Waals surface area contributed by atoms with Crippen LogP contribution >= 0.6 is 0 Å². The zero-order valence-electron chi connectivity index (χ0n) is 13.0. The van der Waals surface area contributed by atoms with Crippen LogP contribution in [0.4, 0.5) is 13.6 Å². The van der Waals surface area contributed by atoms with Crippen LogP contribution < -0.4 is 20.1 Å². The van der Waals surface area contributed by atoms with Crippen LogP contribution in [0.3, 0.4) is 0 Å². The van der Waals surface area contributed by atoms with Crippen LogP contribution in [-0.4, -0.2) is 42.2 Å². The number of halogens is 2. The molecule has 2 aliphatic rings. The van der Waals surface area contributed by atoms with Crippen molar-refractivity contribution in [2.24, 2.45) is 0 Å². The van der Waals surface area contributed by atoms with Crippen molar-refractivity contribution < 1.29 is 37.7 Å². The Morgan fingerprint density at radius 1 is 1.24 bits per heavy atom. The summed E-state index contributed by atoms with van der Waals surface area (Å²) < 4.78 is 39.9. The lowest BCUT2D eigenvalue weighted by molar-refractivity contribution is -0.286. The van der Waals surface area contributed by atoms with E-state index >= 15 is 0 Å². The number of hydrogen-bond acceptors (Lipinski definition) is 5. The lowest BCUT2D eigenvalue weighted by Gasteiger charge is -2.28. The highest BCUT2D eigenvalue weighted by Gasteiger charge is 2.43. The van der Waals surface area contributed by atoms with E-state index in [1.54, 1.807) is 6.07 Å². The molecule has 0 aliphatic carbocycles. The average molecular weight is 358 g/mol. The quantitative estimate of drug-likeness (QED) is 0.752. The molecule has 3 N–H and O–H groups in total. The number of carbonyl (C=O) groups is 2. The fourth-order valence-corrected chi connectivity index (χ4v) is 2.65. The number of amides is 2. The molecule has 2 heterocycles. The van der Waals surface area contributed by atoms with Crippen molar-refractivity contribution in [2.75, 3.05) is 6.61 Å². The number of carbonyl (C=O) groups excluding carboxylic acids is 1. The van der Waals surface area contributed by atoms with Crippen LogP contribution in [0, 0.1) is 0 Å². The molecular weight excluding hydrogens is 342 g/mol. The highest BCUT2D eigenvalue weighted by molar-refractivity contribution is 5.80. The Balaban J connectivity index is 1.48. The summed E-state index contributed by atoms with van der Waals surface area (Å²) in [5.41, 5.74) is 0.564. The molecule has 136 valence electrons. The maximum atomic E-state index is 13.0. The van der Waals surface area contributed by atoms with Gasteiger partial charge in [-0.2, -0.15) is 0 Å². The van der Waals surface area contributed by atoms with Gasteiger partial charge < -0.3 is 30.0 Å². The predicted octanol–water partition coefficient (Wildman–Crippen LogP) is 1.44. The van der Waals surface area contributed by atoms with Gasteiger partial charge in [-0.3, -0.25) is 4.79 Å². The van der Waals surface area contributed by atoms with Gasteiger partial charge in [0, 0.05) is 6.54 Å². The van der Waals surface area contributed by atoms with E-state index in [-0.39, 0.29) is 36.6 Å². The minimum atomic E-state index is -3.68. The van der Waals surface area contributed by atoms with Gasteiger partial charge in [-0.1, -0.05) is 6.07 Å². The predicted molar refractivity (Wildman–Crippen MR) is 78.4 cm³/mol. The summed E-state index contributed by atoms with van der Waals surface area (Å²) in [5, 5.41) is 13.6. The summed E-state index contributed by atoms with van der Waals surface area (Å²) in [5.74, 6) is -0.502. The largest absolute Gasteiger partial charge is 0.586 e. The van der Waals surface area contributed by atoms with E-state index in [0.29, 0.717) is 18.4 Å². The normalized spacial score (nSPS) is 23.8. The minimum absolute atomic E-state index is 0.0623. The molecule has 1 aromatic carbocycles. The molecule has 1 saturated heterocycles. The summed E-state index contributed by atoms with van der Waals surface area (Å²) in [7, 11) is 0. The number of hydrogen-bond donors (Lipinski definition) is 3. The fourth-order valence-electron chi connectivity index (χ4n) is 2.65. The van der Waals surface area contributed by atoms with Gasteiger partial charge in [0.2, 0.25) is 5.91 Å². The first-order valence-electron chi connectivity index (χ1n) is 7.60. The van der Waals surface area contributed by atoms with Gasteiger partial charge >= 0.3 is 12.4 Å². The molecule has 0 spiro atoms. The van der Waals surface area contributed by atoms with E-state index in [2.05, 4.69) is 20.1 Å². The van der Waals surface area contributed by atoms with Crippen LogP contribution in [-0.2, 0) is 16.1 Å². The molecule has 0 saturated carbocycles. The first-order chi connectivity index (χ1) is 11.8. The SMILES string of the molecule is O=C(O)N[C@@H]1CC[C@@H](C(=O)NCc2ccc3c(c2)OC(F)(F)O3)OC1. The first-order valence-corrected chi connectivity index (χ1v) is 7.60. The number of rotatable bonds is 4. The van der Waals surface area contributed by atoms with E-state index in [4.69, 9.17) is 9.84 Å². The van der Waals surface area contributed by atoms with Crippen molar-refractivity contribution in [1.29, 1.82) is 0 Å². The smallest absolute Gasteiger partial charge is 0.465 e. The highest BCUT2D eigenvalue weighted by atomic mass is 19.3. The van der Waals surface area contributed by atoms with Crippen molar-refractivity contribution in [2.45, 2.75) is 37.8 Å². The van der Waals surface area contributed by atoms with Crippen LogP contribution in [0.1, 0.15) is 18.4 Å². The summed E-state index contributed by atoms with van der Waals surface area (Å²) in [4.78, 5) is 22.6. The Morgan fingerprint density at radius 3 is 2.68 bits per heavy atom. The van der Waals surface area contributed by atoms with Crippen LogP contribution in [0.5, 0.6) is 11.5 Å². The van der Waals surface area contributed by atoms with Gasteiger partial charge in [0.15, 0.2) is 11.5 Å². The third-order valence-corrected chi connectivity index (χ3v) is 3.83. The summed E-state index contributed by atoms with van der Waals surface area (Å²) in [6.07, 6.45) is -4.62. The van der Waals surface area contributed by atoms with Crippen molar-refractivity contribution in [1.82, 2.24) is 10.6 Å². The third kappa shape index (κ3) is 4.27. The topological polar surface area (TPSA) is 106 Å². The molecule has 8 nitrogen and oxygen atoms in total. The van der Waals surface area contributed by atoms with Crippen molar-refractivity contribution >= 4 is 12.0 Å². The van der Waals surface area contributed by atoms with Crippen molar-refractivity contribution in [3.8, 4) is 11.5 Å². The molecule has 2 atom stereocenters. The standard InChI is InChI=1S/C15H16F2N2O6/c16-15(17)24-10-3-1-8(5-12(10)25-15)6-18-13(20)11-4-2-9(7-23-11)19-14(21)22/h1,3,5,9,11,19H,2,4,6-7H2,(H,18,20)(H,21,22)/t9-,11+/m1/s1. The molecule has 0 unspecified atom stereocenters. The molecule has 1 fully saturated rings. The number of ether oxygens (including phenoxy) is 3. The Kier molecular flexibility index (Phi) is 4.62. The molecule has 0 bridgehead atoms. The van der Waals surface area contributed by atoms with Crippen molar-refractivity contribution in [3.63, 3.8) is 0 Å².